The number of nitrogens with one attached hydrogen (secondary N) is 2. The molecule has 26 heavy (non-hydrogen) atoms. The molecule has 132 valence electrons. The molecule has 1 aliphatic rings. The molecule has 0 unspecified atom stereocenters. The maximum atomic E-state index is 12.6. The molecule has 1 aliphatic heterocycles. The lowest BCUT2D eigenvalue weighted by Gasteiger charge is -2.07. The molecule has 0 atom stereocenters. The summed E-state index contributed by atoms with van der Waals surface area (Å²) in [5, 5.41) is 2.74. The number of primary amides is 1. The SMILES string of the molecule is NC(=O)c1nc2c(C(=O)Nc3ccc4c(c3)CS(=O)(=O)C4)cccc2[nH]1. The summed E-state index contributed by atoms with van der Waals surface area (Å²) < 4.78 is 23.4. The van der Waals surface area contributed by atoms with Crippen LogP contribution >= 0.6 is 0 Å². The number of H-pyrrole nitrogens is 1. The largest absolute Gasteiger partial charge is 0.363 e. The highest BCUT2D eigenvalue weighted by molar-refractivity contribution is 7.90. The lowest BCUT2D eigenvalue weighted by molar-refractivity contribution is 0.0989. The second kappa shape index (κ2) is 5.67. The minimum atomic E-state index is -3.11. The minimum absolute atomic E-state index is 0.0248. The second-order valence-electron chi connectivity index (χ2n) is 6.12. The number of nitrogens with two attached hydrogens (primary N) is 1. The summed E-state index contributed by atoms with van der Waals surface area (Å²) in [5.74, 6) is -1.16. The number of fused-ring (bicyclic) bond motifs is 2. The molecule has 4 rings (SSSR count). The van der Waals surface area contributed by atoms with Crippen LogP contribution in [0.5, 0.6) is 0 Å². The Morgan fingerprint density at radius 1 is 1.12 bits per heavy atom. The van der Waals surface area contributed by atoms with Gasteiger partial charge in [-0.15, -0.1) is 0 Å². The fourth-order valence-corrected chi connectivity index (χ4v) is 4.63. The Morgan fingerprint density at radius 3 is 2.65 bits per heavy atom. The molecule has 2 amide bonds. The predicted octanol–water partition coefficient (Wildman–Crippen LogP) is 1.34. The van der Waals surface area contributed by atoms with Gasteiger partial charge in [-0.25, -0.2) is 13.4 Å². The molecule has 0 saturated carbocycles. The number of amides is 2. The Morgan fingerprint density at radius 2 is 1.88 bits per heavy atom. The fourth-order valence-electron chi connectivity index (χ4n) is 3.03. The van der Waals surface area contributed by atoms with Gasteiger partial charge in [-0.2, -0.15) is 0 Å². The van der Waals surface area contributed by atoms with Gasteiger partial charge in [0.2, 0.25) is 0 Å². The molecule has 2 heterocycles. The Hall–Kier alpha value is -3.20. The summed E-state index contributed by atoms with van der Waals surface area (Å²) in [4.78, 5) is 30.8. The van der Waals surface area contributed by atoms with Gasteiger partial charge in [0.25, 0.3) is 11.8 Å². The van der Waals surface area contributed by atoms with Crippen molar-refractivity contribution < 1.29 is 18.0 Å². The molecular weight excluding hydrogens is 356 g/mol. The number of imidazole rings is 1. The van der Waals surface area contributed by atoms with Gasteiger partial charge in [0.15, 0.2) is 15.7 Å². The Labute approximate surface area is 148 Å². The molecule has 0 fully saturated rings. The van der Waals surface area contributed by atoms with Crippen LogP contribution in [0.4, 0.5) is 5.69 Å². The van der Waals surface area contributed by atoms with E-state index in [9.17, 15) is 18.0 Å². The molecule has 4 N–H and O–H groups in total. The summed E-state index contributed by atoms with van der Waals surface area (Å²) in [7, 11) is -3.11. The van der Waals surface area contributed by atoms with E-state index in [-0.39, 0.29) is 22.9 Å². The van der Waals surface area contributed by atoms with Crippen molar-refractivity contribution in [3.05, 3.63) is 58.9 Å². The van der Waals surface area contributed by atoms with E-state index in [2.05, 4.69) is 15.3 Å². The number of carbonyl (C=O) groups excluding carboxylic acids is 2. The second-order valence-corrected chi connectivity index (χ2v) is 8.19. The van der Waals surface area contributed by atoms with Crippen molar-refractivity contribution in [2.24, 2.45) is 5.73 Å². The van der Waals surface area contributed by atoms with Crippen molar-refractivity contribution in [3.8, 4) is 0 Å². The maximum absolute atomic E-state index is 12.6. The molecule has 0 saturated heterocycles. The van der Waals surface area contributed by atoms with Crippen LogP contribution in [0.1, 0.15) is 32.1 Å². The van der Waals surface area contributed by atoms with Crippen molar-refractivity contribution in [2.45, 2.75) is 11.5 Å². The topological polar surface area (TPSA) is 135 Å². The Bertz CT molecular complexity index is 1180. The average Bonchev–Trinajstić information content (AvgIpc) is 3.13. The lowest BCUT2D eigenvalue weighted by atomic mass is 10.1. The van der Waals surface area contributed by atoms with E-state index in [0.717, 1.165) is 5.56 Å². The van der Waals surface area contributed by atoms with Crippen LogP contribution in [0.15, 0.2) is 36.4 Å². The molecule has 8 nitrogen and oxygen atoms in total. The van der Waals surface area contributed by atoms with Crippen molar-refractivity contribution in [1.82, 2.24) is 9.97 Å². The summed E-state index contributed by atoms with van der Waals surface area (Å²) in [6.07, 6.45) is 0. The first kappa shape index (κ1) is 16.3. The number of hydrogen-bond acceptors (Lipinski definition) is 5. The maximum Gasteiger partial charge on any atom is 0.284 e. The lowest BCUT2D eigenvalue weighted by Crippen LogP contribution is -2.13. The van der Waals surface area contributed by atoms with Crippen LogP contribution in [0.25, 0.3) is 11.0 Å². The molecule has 0 spiro atoms. The third-order valence-electron chi connectivity index (χ3n) is 4.21. The quantitative estimate of drug-likeness (QED) is 0.639. The van der Waals surface area contributed by atoms with E-state index in [4.69, 9.17) is 5.73 Å². The number of aromatic amines is 1. The summed E-state index contributed by atoms with van der Waals surface area (Å²) >= 11 is 0. The molecule has 9 heteroatoms. The number of anilines is 1. The third kappa shape index (κ3) is 2.82. The third-order valence-corrected chi connectivity index (χ3v) is 5.71. The molecular formula is C17H14N4O4S. The molecule has 0 bridgehead atoms. The fraction of sp³-hybridized carbons (Fsp3) is 0.118. The highest BCUT2D eigenvalue weighted by Crippen LogP contribution is 2.28. The average molecular weight is 370 g/mol. The smallest absolute Gasteiger partial charge is 0.284 e. The van der Waals surface area contributed by atoms with Crippen LogP contribution in [0, 0.1) is 0 Å². The number of para-hydroxylation sites is 1. The zero-order valence-electron chi connectivity index (χ0n) is 13.4. The molecule has 0 aliphatic carbocycles. The molecule has 3 aromatic rings. The number of carbonyl (C=O) groups is 2. The highest BCUT2D eigenvalue weighted by atomic mass is 32.2. The number of nitrogens with zero attached hydrogens (tertiary/aromatic N) is 1. The van der Waals surface area contributed by atoms with E-state index in [1.165, 1.54) is 0 Å². The van der Waals surface area contributed by atoms with Crippen LogP contribution in [0.3, 0.4) is 0 Å². The summed E-state index contributed by atoms with van der Waals surface area (Å²) in [5.41, 5.74) is 8.29. The number of rotatable bonds is 3. The monoisotopic (exact) mass is 370 g/mol. The zero-order chi connectivity index (χ0) is 18.5. The summed E-state index contributed by atoms with van der Waals surface area (Å²) in [6, 6.07) is 9.96. The van der Waals surface area contributed by atoms with Crippen molar-refractivity contribution in [2.75, 3.05) is 5.32 Å². The summed E-state index contributed by atoms with van der Waals surface area (Å²) in [6.45, 7) is 0. The van der Waals surface area contributed by atoms with E-state index >= 15 is 0 Å². The van der Waals surface area contributed by atoms with E-state index in [1.54, 1.807) is 36.4 Å². The van der Waals surface area contributed by atoms with E-state index in [1.807, 2.05) is 0 Å². The van der Waals surface area contributed by atoms with Gasteiger partial charge in [0, 0.05) is 5.69 Å². The van der Waals surface area contributed by atoms with Crippen molar-refractivity contribution >= 4 is 38.4 Å². The van der Waals surface area contributed by atoms with Crippen LogP contribution in [0.2, 0.25) is 0 Å². The predicted molar refractivity (Wildman–Crippen MR) is 95.3 cm³/mol. The first-order chi connectivity index (χ1) is 12.3. The minimum Gasteiger partial charge on any atom is -0.363 e. The molecule has 0 radical (unpaired) electrons. The van der Waals surface area contributed by atoms with Gasteiger partial charge in [-0.05, 0) is 35.4 Å². The molecule has 2 aromatic carbocycles. The van der Waals surface area contributed by atoms with Crippen LogP contribution in [-0.2, 0) is 21.3 Å². The number of benzene rings is 2. The molecule has 1 aromatic heterocycles. The van der Waals surface area contributed by atoms with Crippen molar-refractivity contribution in [3.63, 3.8) is 0 Å². The van der Waals surface area contributed by atoms with Gasteiger partial charge >= 0.3 is 0 Å². The zero-order valence-corrected chi connectivity index (χ0v) is 14.3. The van der Waals surface area contributed by atoms with Crippen molar-refractivity contribution in [1.29, 1.82) is 0 Å². The first-order valence-electron chi connectivity index (χ1n) is 7.74. The first-order valence-corrected chi connectivity index (χ1v) is 9.57. The highest BCUT2D eigenvalue weighted by Gasteiger charge is 2.25. The normalized spacial score (nSPS) is 14.9. The van der Waals surface area contributed by atoms with Gasteiger partial charge in [-0.1, -0.05) is 12.1 Å². The van der Waals surface area contributed by atoms with Gasteiger partial charge in [0.05, 0.1) is 22.6 Å². The Balaban J connectivity index is 1.66. The number of sulfone groups is 1. The van der Waals surface area contributed by atoms with Gasteiger partial charge < -0.3 is 16.0 Å². The van der Waals surface area contributed by atoms with Crippen LogP contribution in [-0.4, -0.2) is 30.2 Å². The standard InChI is InChI=1S/C17H14N4O4S/c18-15(22)16-20-13-3-1-2-12(14(13)21-16)17(23)19-11-5-4-9-7-26(24,25)8-10(9)6-11/h1-6H,7-8H2,(H2,18,22)(H,19,23)(H,20,21). The number of hydrogen-bond donors (Lipinski definition) is 3. The number of aromatic nitrogens is 2. The van der Waals surface area contributed by atoms with Gasteiger partial charge in [-0.3, -0.25) is 9.59 Å². The Kier molecular flexibility index (Phi) is 3.55. The van der Waals surface area contributed by atoms with Crippen LogP contribution < -0.4 is 11.1 Å². The van der Waals surface area contributed by atoms with Gasteiger partial charge in [0.1, 0.15) is 5.52 Å². The van der Waals surface area contributed by atoms with E-state index < -0.39 is 21.7 Å². The van der Waals surface area contributed by atoms with E-state index in [0.29, 0.717) is 22.3 Å².